The predicted molar refractivity (Wildman–Crippen MR) is 74.6 cm³/mol. The molecule has 1 atom stereocenters. The normalized spacial score (nSPS) is 22.7. The summed E-state index contributed by atoms with van der Waals surface area (Å²) in [6.07, 6.45) is 2.02. The second-order valence-electron chi connectivity index (χ2n) is 5.28. The van der Waals surface area contributed by atoms with E-state index in [1.54, 1.807) is 4.90 Å². The molecule has 0 bridgehead atoms. The molecule has 0 aliphatic carbocycles. The van der Waals surface area contributed by atoms with Crippen LogP contribution in [0.2, 0.25) is 0 Å². The molecule has 1 aromatic heterocycles. The molecule has 1 aliphatic heterocycles. The molecule has 1 N–H and O–H groups in total. The summed E-state index contributed by atoms with van der Waals surface area (Å²) in [5, 5.41) is 13.2. The second kappa shape index (κ2) is 5.33. The van der Waals surface area contributed by atoms with Gasteiger partial charge in [0.2, 0.25) is 0 Å². The molecule has 1 fully saturated rings. The zero-order valence-electron chi connectivity index (χ0n) is 11.3. The van der Waals surface area contributed by atoms with Gasteiger partial charge in [-0.1, -0.05) is 13.3 Å². The van der Waals surface area contributed by atoms with Gasteiger partial charge in [-0.15, -0.1) is 0 Å². The Morgan fingerprint density at radius 3 is 2.74 bits per heavy atom. The SMILES string of the molecule is CCCC1(C(=O)O)CCN(C(=O)c2cscc2C)C1. The third-order valence-corrected chi connectivity index (χ3v) is 4.77. The van der Waals surface area contributed by atoms with Gasteiger partial charge in [-0.25, -0.2) is 0 Å². The van der Waals surface area contributed by atoms with Crippen molar-refractivity contribution in [3.8, 4) is 0 Å². The van der Waals surface area contributed by atoms with Crippen molar-refractivity contribution in [2.75, 3.05) is 13.1 Å². The van der Waals surface area contributed by atoms with Crippen LogP contribution in [-0.4, -0.2) is 35.0 Å². The molecule has 1 saturated heterocycles. The van der Waals surface area contributed by atoms with E-state index in [-0.39, 0.29) is 5.91 Å². The molecule has 104 valence electrons. The number of aryl methyl sites for hydroxylation is 1. The largest absolute Gasteiger partial charge is 0.481 e. The lowest BCUT2D eigenvalue weighted by atomic mass is 9.83. The molecule has 2 rings (SSSR count). The number of carboxylic acids is 1. The summed E-state index contributed by atoms with van der Waals surface area (Å²) in [5.41, 5.74) is 0.940. The topological polar surface area (TPSA) is 57.6 Å². The Balaban J connectivity index is 2.15. The highest BCUT2D eigenvalue weighted by atomic mass is 32.1. The van der Waals surface area contributed by atoms with Gasteiger partial charge in [-0.05, 0) is 30.7 Å². The number of carbonyl (C=O) groups excluding carboxylic acids is 1. The monoisotopic (exact) mass is 281 g/mol. The summed E-state index contributed by atoms with van der Waals surface area (Å²) in [4.78, 5) is 25.6. The summed E-state index contributed by atoms with van der Waals surface area (Å²) >= 11 is 1.51. The summed E-state index contributed by atoms with van der Waals surface area (Å²) in [6.45, 7) is 4.78. The van der Waals surface area contributed by atoms with Gasteiger partial charge in [0.15, 0.2) is 0 Å². The Kier molecular flexibility index (Phi) is 3.94. The quantitative estimate of drug-likeness (QED) is 0.923. The number of rotatable bonds is 4. The van der Waals surface area contributed by atoms with E-state index in [0.717, 1.165) is 12.0 Å². The Labute approximate surface area is 117 Å². The van der Waals surface area contributed by atoms with Crippen LogP contribution >= 0.6 is 11.3 Å². The minimum atomic E-state index is -0.772. The van der Waals surface area contributed by atoms with E-state index >= 15 is 0 Å². The van der Waals surface area contributed by atoms with Gasteiger partial charge in [0.25, 0.3) is 5.91 Å². The molecule has 19 heavy (non-hydrogen) atoms. The minimum Gasteiger partial charge on any atom is -0.481 e. The van der Waals surface area contributed by atoms with Crippen LogP contribution < -0.4 is 0 Å². The Bertz CT molecular complexity index is 497. The van der Waals surface area contributed by atoms with Crippen LogP contribution in [0.3, 0.4) is 0 Å². The molecule has 0 aromatic carbocycles. The standard InChI is InChI=1S/C14H19NO3S/c1-3-4-14(13(17)18)5-6-15(9-14)12(16)11-8-19-7-10(11)2/h7-8H,3-6,9H2,1-2H3,(H,17,18). The number of amides is 1. The fourth-order valence-corrected chi connectivity index (χ4v) is 3.58. The van der Waals surface area contributed by atoms with E-state index in [2.05, 4.69) is 0 Å². The lowest BCUT2D eigenvalue weighted by molar-refractivity contribution is -0.148. The van der Waals surface area contributed by atoms with Crippen molar-refractivity contribution in [3.05, 3.63) is 21.9 Å². The molecule has 1 unspecified atom stereocenters. The average Bonchev–Trinajstić information content (AvgIpc) is 2.96. The Hall–Kier alpha value is -1.36. The smallest absolute Gasteiger partial charge is 0.311 e. The summed E-state index contributed by atoms with van der Waals surface area (Å²) < 4.78 is 0. The van der Waals surface area contributed by atoms with Crippen molar-refractivity contribution < 1.29 is 14.7 Å². The molecule has 1 aromatic rings. The first-order chi connectivity index (χ1) is 9.00. The first kappa shape index (κ1) is 14.1. The zero-order valence-corrected chi connectivity index (χ0v) is 12.1. The molecular formula is C14H19NO3S. The van der Waals surface area contributed by atoms with Crippen LogP contribution in [0.4, 0.5) is 0 Å². The highest BCUT2D eigenvalue weighted by Gasteiger charge is 2.45. The number of hydrogen-bond acceptors (Lipinski definition) is 3. The molecule has 1 amide bonds. The third kappa shape index (κ3) is 2.52. The number of carboxylic acid groups (broad SMARTS) is 1. The predicted octanol–water partition coefficient (Wildman–Crippen LogP) is 2.77. The average molecular weight is 281 g/mol. The summed E-state index contributed by atoms with van der Waals surface area (Å²) in [5.74, 6) is -0.801. The van der Waals surface area contributed by atoms with Crippen LogP contribution in [0.5, 0.6) is 0 Å². The number of hydrogen-bond donors (Lipinski definition) is 1. The number of thiophene rings is 1. The maximum Gasteiger partial charge on any atom is 0.311 e. The number of carbonyl (C=O) groups is 2. The first-order valence-electron chi connectivity index (χ1n) is 6.55. The zero-order chi connectivity index (χ0) is 14.0. The molecule has 5 heteroatoms. The molecule has 4 nitrogen and oxygen atoms in total. The van der Waals surface area contributed by atoms with E-state index in [1.165, 1.54) is 11.3 Å². The molecule has 0 saturated carbocycles. The van der Waals surface area contributed by atoms with Gasteiger partial charge in [0, 0.05) is 18.5 Å². The van der Waals surface area contributed by atoms with Crippen molar-refractivity contribution in [2.24, 2.45) is 5.41 Å². The van der Waals surface area contributed by atoms with Gasteiger partial charge >= 0.3 is 5.97 Å². The molecule has 1 aliphatic rings. The minimum absolute atomic E-state index is 0.0296. The van der Waals surface area contributed by atoms with Crippen LogP contribution in [0.15, 0.2) is 10.8 Å². The van der Waals surface area contributed by atoms with Crippen LogP contribution in [-0.2, 0) is 4.79 Å². The van der Waals surface area contributed by atoms with E-state index < -0.39 is 11.4 Å². The molecular weight excluding hydrogens is 262 g/mol. The summed E-state index contributed by atoms with van der Waals surface area (Å²) in [6, 6.07) is 0. The lowest BCUT2D eigenvalue weighted by Gasteiger charge is -2.24. The molecule has 0 radical (unpaired) electrons. The first-order valence-corrected chi connectivity index (χ1v) is 7.50. The molecule has 0 spiro atoms. The van der Waals surface area contributed by atoms with Crippen molar-refractivity contribution in [3.63, 3.8) is 0 Å². The van der Waals surface area contributed by atoms with Gasteiger partial charge in [-0.2, -0.15) is 11.3 Å². The maximum atomic E-state index is 12.4. The Morgan fingerprint density at radius 1 is 1.47 bits per heavy atom. The number of nitrogens with zero attached hydrogens (tertiary/aromatic N) is 1. The van der Waals surface area contributed by atoms with Crippen molar-refractivity contribution in [1.82, 2.24) is 4.90 Å². The fourth-order valence-electron chi connectivity index (χ4n) is 2.76. The third-order valence-electron chi connectivity index (χ3n) is 3.91. The van der Waals surface area contributed by atoms with Crippen LogP contribution in [0.25, 0.3) is 0 Å². The van der Waals surface area contributed by atoms with E-state index in [1.807, 2.05) is 24.6 Å². The highest BCUT2D eigenvalue weighted by Crippen LogP contribution is 2.36. The van der Waals surface area contributed by atoms with E-state index in [0.29, 0.717) is 31.5 Å². The highest BCUT2D eigenvalue weighted by molar-refractivity contribution is 7.08. The van der Waals surface area contributed by atoms with Gasteiger partial charge in [-0.3, -0.25) is 9.59 Å². The lowest BCUT2D eigenvalue weighted by Crippen LogP contribution is -2.37. The summed E-state index contributed by atoms with van der Waals surface area (Å²) in [7, 11) is 0. The number of aliphatic carboxylic acids is 1. The second-order valence-corrected chi connectivity index (χ2v) is 6.02. The molecule has 2 heterocycles. The fraction of sp³-hybridized carbons (Fsp3) is 0.571. The van der Waals surface area contributed by atoms with E-state index in [4.69, 9.17) is 0 Å². The number of likely N-dealkylation sites (tertiary alicyclic amines) is 1. The van der Waals surface area contributed by atoms with Gasteiger partial charge in [0.05, 0.1) is 11.0 Å². The van der Waals surface area contributed by atoms with Gasteiger partial charge in [0.1, 0.15) is 0 Å². The van der Waals surface area contributed by atoms with Gasteiger partial charge < -0.3 is 10.0 Å². The van der Waals surface area contributed by atoms with E-state index in [9.17, 15) is 14.7 Å². The maximum absolute atomic E-state index is 12.4. The van der Waals surface area contributed by atoms with Crippen molar-refractivity contribution in [2.45, 2.75) is 33.1 Å². The van der Waals surface area contributed by atoms with Crippen molar-refractivity contribution in [1.29, 1.82) is 0 Å². The Morgan fingerprint density at radius 2 is 2.21 bits per heavy atom. The van der Waals surface area contributed by atoms with Crippen LogP contribution in [0, 0.1) is 12.3 Å². The van der Waals surface area contributed by atoms with Crippen LogP contribution in [0.1, 0.15) is 42.1 Å². The van der Waals surface area contributed by atoms with Crippen molar-refractivity contribution >= 4 is 23.2 Å².